The number of hydrogen-bond acceptors (Lipinski definition) is 4. The van der Waals surface area contributed by atoms with Crippen LogP contribution >= 0.6 is 0 Å². The second-order valence-electron chi connectivity index (χ2n) is 4.62. The maximum absolute atomic E-state index is 11.3. The second-order valence-corrected chi connectivity index (χ2v) is 4.62. The zero-order valence-electron chi connectivity index (χ0n) is 9.09. The average molecular weight is 216 g/mol. The fraction of sp³-hybridized carbons (Fsp3) is 0.778. The first kappa shape index (κ1) is 11.8. The highest BCUT2D eigenvalue weighted by Gasteiger charge is 2.46. The maximum atomic E-state index is 11.3. The maximum Gasteiger partial charge on any atom is 0.408 e. The molecule has 1 amide bonds. The van der Waals surface area contributed by atoms with Gasteiger partial charge in [0.05, 0.1) is 0 Å². The summed E-state index contributed by atoms with van der Waals surface area (Å²) in [7, 11) is 0. The van der Waals surface area contributed by atoms with Crippen LogP contribution in [0.5, 0.6) is 0 Å². The van der Waals surface area contributed by atoms with E-state index in [1.54, 1.807) is 20.8 Å². The first-order chi connectivity index (χ1) is 6.75. The van der Waals surface area contributed by atoms with Gasteiger partial charge >= 0.3 is 12.1 Å². The van der Waals surface area contributed by atoms with Gasteiger partial charge in [-0.05, 0) is 20.8 Å². The lowest BCUT2D eigenvalue weighted by molar-refractivity contribution is -0.147. The molecule has 0 aromatic carbocycles. The van der Waals surface area contributed by atoms with Crippen LogP contribution in [0.25, 0.3) is 0 Å². The lowest BCUT2D eigenvalue weighted by Gasteiger charge is -2.39. The first-order valence-electron chi connectivity index (χ1n) is 4.70. The Morgan fingerprint density at radius 1 is 1.40 bits per heavy atom. The van der Waals surface area contributed by atoms with Crippen LogP contribution in [0, 0.1) is 0 Å². The van der Waals surface area contributed by atoms with E-state index in [-0.39, 0.29) is 13.1 Å². The molecule has 0 unspecified atom stereocenters. The smallest absolute Gasteiger partial charge is 0.408 e. The topological polar surface area (TPSA) is 87.7 Å². The number of ether oxygens (including phenoxy) is 1. The third kappa shape index (κ3) is 2.82. The van der Waals surface area contributed by atoms with E-state index in [1.807, 2.05) is 0 Å². The van der Waals surface area contributed by atoms with Crippen molar-refractivity contribution in [1.82, 2.24) is 10.6 Å². The van der Waals surface area contributed by atoms with Crippen LogP contribution < -0.4 is 10.6 Å². The van der Waals surface area contributed by atoms with Gasteiger partial charge in [0.15, 0.2) is 5.54 Å². The number of hydrogen-bond donors (Lipinski definition) is 3. The number of alkyl carbamates (subject to hydrolysis) is 1. The highest BCUT2D eigenvalue weighted by atomic mass is 16.6. The minimum atomic E-state index is -1.21. The molecule has 0 aromatic heterocycles. The zero-order chi connectivity index (χ0) is 11.7. The third-order valence-electron chi connectivity index (χ3n) is 2.00. The van der Waals surface area contributed by atoms with Crippen LogP contribution in [0.1, 0.15) is 20.8 Å². The van der Waals surface area contributed by atoms with Crippen LogP contribution in [-0.4, -0.2) is 41.4 Å². The molecule has 6 heteroatoms. The Balaban J connectivity index is 2.54. The third-order valence-corrected chi connectivity index (χ3v) is 2.00. The Bertz CT molecular complexity index is 278. The monoisotopic (exact) mass is 216 g/mol. The molecule has 0 atom stereocenters. The standard InChI is InChI=1S/C9H16N2O4/c1-8(2,3)15-7(14)11-9(6(12)13)4-10-5-9/h10H,4-5H2,1-3H3,(H,11,14)(H,12,13). The molecule has 1 saturated heterocycles. The number of nitrogens with one attached hydrogen (secondary N) is 2. The van der Waals surface area contributed by atoms with E-state index in [0.717, 1.165) is 0 Å². The Morgan fingerprint density at radius 3 is 2.20 bits per heavy atom. The van der Waals surface area contributed by atoms with Crippen LogP contribution in [0.4, 0.5) is 4.79 Å². The Hall–Kier alpha value is -1.30. The molecule has 0 aromatic rings. The van der Waals surface area contributed by atoms with Gasteiger partial charge in [0.2, 0.25) is 0 Å². The molecule has 6 nitrogen and oxygen atoms in total. The molecule has 1 heterocycles. The van der Waals surface area contributed by atoms with Crippen molar-refractivity contribution in [2.24, 2.45) is 0 Å². The highest BCUT2D eigenvalue weighted by Crippen LogP contribution is 2.13. The molecule has 86 valence electrons. The average Bonchev–Trinajstić information content (AvgIpc) is 1.92. The van der Waals surface area contributed by atoms with Crippen molar-refractivity contribution in [2.75, 3.05) is 13.1 Å². The molecule has 15 heavy (non-hydrogen) atoms. The number of carbonyl (C=O) groups excluding carboxylic acids is 1. The van der Waals surface area contributed by atoms with Crippen molar-refractivity contribution in [3.63, 3.8) is 0 Å². The van der Waals surface area contributed by atoms with Crippen molar-refractivity contribution >= 4 is 12.1 Å². The van der Waals surface area contributed by atoms with Gasteiger partial charge in [-0.15, -0.1) is 0 Å². The Kier molecular flexibility index (Phi) is 2.90. The van der Waals surface area contributed by atoms with Crippen LogP contribution in [0.15, 0.2) is 0 Å². The van der Waals surface area contributed by atoms with Crippen molar-refractivity contribution in [3.8, 4) is 0 Å². The van der Waals surface area contributed by atoms with Crippen LogP contribution in [0.2, 0.25) is 0 Å². The van der Waals surface area contributed by atoms with Crippen molar-refractivity contribution in [2.45, 2.75) is 31.9 Å². The molecule has 0 radical (unpaired) electrons. The molecular weight excluding hydrogens is 200 g/mol. The number of amides is 1. The van der Waals surface area contributed by atoms with Gasteiger partial charge in [-0.3, -0.25) is 0 Å². The molecule has 1 fully saturated rings. The van der Waals surface area contributed by atoms with E-state index in [9.17, 15) is 9.59 Å². The highest BCUT2D eigenvalue weighted by molar-refractivity contribution is 5.86. The predicted octanol–water partition coefficient (Wildman–Crippen LogP) is -0.0623. The summed E-state index contributed by atoms with van der Waals surface area (Å²) in [6.07, 6.45) is -0.702. The van der Waals surface area contributed by atoms with Gasteiger partial charge in [0, 0.05) is 13.1 Å². The molecule has 1 aliphatic heterocycles. The number of carboxylic acid groups (broad SMARTS) is 1. The summed E-state index contributed by atoms with van der Waals surface area (Å²) in [5.74, 6) is -1.05. The number of carboxylic acids is 1. The van der Waals surface area contributed by atoms with Gasteiger partial charge in [0.1, 0.15) is 5.60 Å². The van der Waals surface area contributed by atoms with E-state index >= 15 is 0 Å². The van der Waals surface area contributed by atoms with Crippen molar-refractivity contribution in [1.29, 1.82) is 0 Å². The first-order valence-corrected chi connectivity index (χ1v) is 4.70. The lowest BCUT2D eigenvalue weighted by atomic mass is 9.93. The summed E-state index contributed by atoms with van der Waals surface area (Å²) in [5, 5.41) is 14.1. The molecule has 1 aliphatic rings. The summed E-state index contributed by atoms with van der Waals surface area (Å²) < 4.78 is 4.98. The van der Waals surface area contributed by atoms with Crippen molar-refractivity contribution in [3.05, 3.63) is 0 Å². The van der Waals surface area contributed by atoms with Gasteiger partial charge in [-0.1, -0.05) is 0 Å². The zero-order valence-corrected chi connectivity index (χ0v) is 9.09. The molecule has 1 rings (SSSR count). The summed E-state index contributed by atoms with van der Waals surface area (Å²) >= 11 is 0. The van der Waals surface area contributed by atoms with E-state index in [4.69, 9.17) is 9.84 Å². The van der Waals surface area contributed by atoms with Gasteiger partial charge < -0.3 is 20.5 Å². The SMILES string of the molecule is CC(C)(C)OC(=O)NC1(C(=O)O)CNC1. The van der Waals surface area contributed by atoms with E-state index in [0.29, 0.717) is 0 Å². The minimum Gasteiger partial charge on any atom is -0.479 e. The van der Waals surface area contributed by atoms with E-state index in [1.165, 1.54) is 0 Å². The molecule has 3 N–H and O–H groups in total. The molecular formula is C9H16N2O4. The normalized spacial score (nSPS) is 18.9. The molecule has 0 spiro atoms. The molecule has 0 aliphatic carbocycles. The summed E-state index contributed by atoms with van der Waals surface area (Å²) in [6.45, 7) is 5.61. The number of aliphatic carboxylic acids is 1. The van der Waals surface area contributed by atoms with E-state index in [2.05, 4.69) is 10.6 Å². The quantitative estimate of drug-likeness (QED) is 0.601. The van der Waals surface area contributed by atoms with Crippen LogP contribution in [0.3, 0.4) is 0 Å². The number of rotatable bonds is 2. The minimum absolute atomic E-state index is 0.224. The second kappa shape index (κ2) is 3.69. The predicted molar refractivity (Wildman–Crippen MR) is 52.6 cm³/mol. The summed E-state index contributed by atoms with van der Waals surface area (Å²) in [5.41, 5.74) is -1.83. The van der Waals surface area contributed by atoms with E-state index < -0.39 is 23.2 Å². The number of carbonyl (C=O) groups is 2. The largest absolute Gasteiger partial charge is 0.479 e. The van der Waals surface area contributed by atoms with Gasteiger partial charge in [-0.25, -0.2) is 9.59 Å². The van der Waals surface area contributed by atoms with Crippen molar-refractivity contribution < 1.29 is 19.4 Å². The lowest BCUT2D eigenvalue weighted by Crippen LogP contribution is -2.73. The fourth-order valence-corrected chi connectivity index (χ4v) is 1.17. The fourth-order valence-electron chi connectivity index (χ4n) is 1.17. The summed E-state index contributed by atoms with van der Waals surface area (Å²) in [6, 6.07) is 0. The van der Waals surface area contributed by atoms with Crippen LogP contribution in [-0.2, 0) is 9.53 Å². The van der Waals surface area contributed by atoms with Gasteiger partial charge in [0.25, 0.3) is 0 Å². The van der Waals surface area contributed by atoms with Gasteiger partial charge in [-0.2, -0.15) is 0 Å². The molecule has 0 saturated carbocycles. The summed E-state index contributed by atoms with van der Waals surface area (Å²) in [4.78, 5) is 22.2. The Morgan fingerprint density at radius 2 is 1.93 bits per heavy atom. The molecule has 0 bridgehead atoms. The Labute approximate surface area is 88.0 Å².